The van der Waals surface area contributed by atoms with Gasteiger partial charge >= 0.3 is 5.97 Å². The van der Waals surface area contributed by atoms with E-state index < -0.39 is 12.1 Å². The maximum Gasteiger partial charge on any atom is 0.346 e. The minimum Gasteiger partial charge on any atom is -0.490 e. The van der Waals surface area contributed by atoms with E-state index in [2.05, 4.69) is 20.2 Å². The number of hydrogen-bond acceptors (Lipinski definition) is 8. The monoisotopic (exact) mass is 397 g/mol. The highest BCUT2D eigenvalue weighted by Crippen LogP contribution is 2.37. The zero-order chi connectivity index (χ0) is 19.1. The van der Waals surface area contributed by atoms with Crippen LogP contribution >= 0.6 is 22.9 Å². The van der Waals surface area contributed by atoms with E-state index in [1.807, 2.05) is 19.2 Å². The lowest BCUT2D eigenvalue weighted by Gasteiger charge is -2.17. The zero-order valence-electron chi connectivity index (χ0n) is 14.9. The normalized spacial score (nSPS) is 12.0. The molecule has 1 aromatic carbocycles. The van der Waals surface area contributed by atoms with Crippen molar-refractivity contribution < 1.29 is 19.0 Å². The summed E-state index contributed by atoms with van der Waals surface area (Å²) < 4.78 is 15.9. The predicted octanol–water partition coefficient (Wildman–Crippen LogP) is 3.89. The van der Waals surface area contributed by atoms with Crippen molar-refractivity contribution in [1.82, 2.24) is 4.98 Å². The fraction of sp³-hybridized carbons (Fsp3) is 0.353. The molecule has 1 aromatic heterocycles. The first-order chi connectivity index (χ1) is 12.4. The van der Waals surface area contributed by atoms with Gasteiger partial charge in [-0.1, -0.05) is 11.6 Å². The Balaban J connectivity index is 2.19. The molecule has 0 amide bonds. The second-order valence-corrected chi connectivity index (χ2v) is 6.48. The van der Waals surface area contributed by atoms with Crippen LogP contribution in [-0.4, -0.2) is 37.0 Å². The lowest BCUT2D eigenvalue weighted by Crippen LogP contribution is -2.25. The molecule has 0 spiro atoms. The van der Waals surface area contributed by atoms with Crippen LogP contribution in [0.3, 0.4) is 0 Å². The van der Waals surface area contributed by atoms with Gasteiger partial charge in [0.25, 0.3) is 0 Å². The molecule has 140 valence electrons. The molecule has 0 radical (unpaired) electrons. The van der Waals surface area contributed by atoms with Gasteiger partial charge in [-0.05, 0) is 38.5 Å². The maximum absolute atomic E-state index is 11.6. The summed E-state index contributed by atoms with van der Waals surface area (Å²) in [6.45, 7) is 5.74. The first-order valence-corrected chi connectivity index (χ1v) is 9.12. The number of halogens is 1. The molecular formula is C17H20ClN3O4S. The number of thiazole rings is 1. The Morgan fingerprint density at radius 3 is 2.88 bits per heavy atom. The van der Waals surface area contributed by atoms with Gasteiger partial charge in [-0.25, -0.2) is 9.78 Å². The summed E-state index contributed by atoms with van der Waals surface area (Å²) in [5.74, 6) is 0.200. The van der Waals surface area contributed by atoms with Crippen molar-refractivity contribution in [1.29, 1.82) is 0 Å². The average molecular weight is 398 g/mol. The first-order valence-electron chi connectivity index (χ1n) is 7.86. The van der Waals surface area contributed by atoms with Crippen LogP contribution in [-0.2, 0) is 9.53 Å². The molecule has 0 bridgehead atoms. The number of esters is 1. The SMILES string of the molecule is CCOc1cc(C=NNc2nc(C)cs2)cc(Cl)c1OC(C)C(=O)OC. The van der Waals surface area contributed by atoms with Gasteiger partial charge in [0.2, 0.25) is 5.13 Å². The van der Waals surface area contributed by atoms with Gasteiger partial charge < -0.3 is 14.2 Å². The molecule has 9 heteroatoms. The number of rotatable bonds is 8. The van der Waals surface area contributed by atoms with Crippen LogP contribution in [0.25, 0.3) is 0 Å². The average Bonchev–Trinajstić information content (AvgIpc) is 3.02. The van der Waals surface area contributed by atoms with Gasteiger partial charge in [-0.15, -0.1) is 11.3 Å². The lowest BCUT2D eigenvalue weighted by molar-refractivity contribution is -0.147. The zero-order valence-corrected chi connectivity index (χ0v) is 16.5. The van der Waals surface area contributed by atoms with Crippen LogP contribution in [0, 0.1) is 6.92 Å². The van der Waals surface area contributed by atoms with Crippen LogP contribution in [0.1, 0.15) is 25.1 Å². The van der Waals surface area contributed by atoms with Gasteiger partial charge in [-0.3, -0.25) is 5.43 Å². The summed E-state index contributed by atoms with van der Waals surface area (Å²) >= 11 is 7.77. The highest BCUT2D eigenvalue weighted by Gasteiger charge is 2.20. The molecule has 0 aliphatic rings. The second kappa shape index (κ2) is 9.40. The van der Waals surface area contributed by atoms with Crippen LogP contribution in [0.4, 0.5) is 5.13 Å². The van der Waals surface area contributed by atoms with Crippen LogP contribution < -0.4 is 14.9 Å². The summed E-state index contributed by atoms with van der Waals surface area (Å²) in [6.07, 6.45) is 0.782. The lowest BCUT2D eigenvalue weighted by atomic mass is 10.2. The van der Waals surface area contributed by atoms with E-state index in [0.29, 0.717) is 28.1 Å². The summed E-state index contributed by atoms with van der Waals surface area (Å²) in [7, 11) is 1.30. The molecule has 26 heavy (non-hydrogen) atoms. The van der Waals surface area contributed by atoms with Gasteiger partial charge in [0.15, 0.2) is 17.6 Å². The van der Waals surface area contributed by atoms with Crippen molar-refractivity contribution in [3.8, 4) is 11.5 Å². The number of carbonyl (C=O) groups excluding carboxylic acids is 1. The number of nitrogens with one attached hydrogen (secondary N) is 1. The Morgan fingerprint density at radius 2 is 2.27 bits per heavy atom. The summed E-state index contributed by atoms with van der Waals surface area (Å²) in [5.41, 5.74) is 4.49. The third-order valence-electron chi connectivity index (χ3n) is 3.15. The number of carbonyl (C=O) groups is 1. The van der Waals surface area contributed by atoms with Gasteiger partial charge in [0.05, 0.1) is 30.6 Å². The van der Waals surface area contributed by atoms with E-state index >= 15 is 0 Å². The predicted molar refractivity (Wildman–Crippen MR) is 103 cm³/mol. The van der Waals surface area contributed by atoms with Crippen LogP contribution in [0.5, 0.6) is 11.5 Å². The maximum atomic E-state index is 11.6. The van der Waals surface area contributed by atoms with E-state index in [4.69, 9.17) is 21.1 Å². The molecule has 0 saturated heterocycles. The van der Waals surface area contributed by atoms with E-state index in [0.717, 1.165) is 5.69 Å². The van der Waals surface area contributed by atoms with Crippen molar-refractivity contribution in [3.05, 3.63) is 33.8 Å². The quantitative estimate of drug-likeness (QED) is 0.413. The highest BCUT2D eigenvalue weighted by atomic mass is 35.5. The third-order valence-corrected chi connectivity index (χ3v) is 4.30. The minimum atomic E-state index is -0.814. The molecule has 0 fully saturated rings. The number of methoxy groups -OCH3 is 1. The number of hydrazone groups is 1. The molecule has 2 aromatic rings. The van der Waals surface area contributed by atoms with Gasteiger partial charge in [-0.2, -0.15) is 5.10 Å². The van der Waals surface area contributed by atoms with E-state index in [1.165, 1.54) is 18.4 Å². The van der Waals surface area contributed by atoms with Crippen molar-refractivity contribution in [3.63, 3.8) is 0 Å². The standard InChI is InChI=1S/C17H20ClN3O4S/c1-5-24-14-7-12(8-19-21-17-20-10(2)9-26-17)6-13(18)15(14)25-11(3)16(22)23-4/h6-9,11H,5H2,1-4H3,(H,20,21). The molecular weight excluding hydrogens is 378 g/mol. The molecule has 2 rings (SSSR count). The number of hydrogen-bond donors (Lipinski definition) is 1. The molecule has 1 atom stereocenters. The Morgan fingerprint density at radius 1 is 1.50 bits per heavy atom. The second-order valence-electron chi connectivity index (χ2n) is 5.21. The Bertz CT molecular complexity index is 794. The van der Waals surface area contributed by atoms with Crippen molar-refractivity contribution in [2.24, 2.45) is 5.10 Å². The van der Waals surface area contributed by atoms with E-state index in [1.54, 1.807) is 25.3 Å². The Hall–Kier alpha value is -2.32. The number of nitrogens with zero attached hydrogens (tertiary/aromatic N) is 2. The number of benzene rings is 1. The van der Waals surface area contributed by atoms with Crippen molar-refractivity contribution in [2.45, 2.75) is 26.9 Å². The highest BCUT2D eigenvalue weighted by molar-refractivity contribution is 7.13. The molecule has 1 unspecified atom stereocenters. The topological polar surface area (TPSA) is 82.0 Å². The fourth-order valence-electron chi connectivity index (χ4n) is 2.00. The Labute approximate surface area is 160 Å². The van der Waals surface area contributed by atoms with Crippen molar-refractivity contribution in [2.75, 3.05) is 19.1 Å². The number of ether oxygens (including phenoxy) is 3. The molecule has 0 aliphatic heterocycles. The number of aromatic nitrogens is 1. The summed E-state index contributed by atoms with van der Waals surface area (Å²) in [5, 5.41) is 7.07. The molecule has 1 heterocycles. The Kier molecular flexibility index (Phi) is 7.23. The largest absolute Gasteiger partial charge is 0.490 e. The number of aryl methyl sites for hydroxylation is 1. The van der Waals surface area contributed by atoms with Crippen LogP contribution in [0.15, 0.2) is 22.6 Å². The minimum absolute atomic E-state index is 0.284. The van der Waals surface area contributed by atoms with E-state index in [9.17, 15) is 4.79 Å². The van der Waals surface area contributed by atoms with Gasteiger partial charge in [0.1, 0.15) is 0 Å². The molecule has 1 N–H and O–H groups in total. The summed E-state index contributed by atoms with van der Waals surface area (Å²) in [4.78, 5) is 15.8. The molecule has 0 aliphatic carbocycles. The molecule has 0 saturated carbocycles. The molecule has 7 nitrogen and oxygen atoms in total. The third kappa shape index (κ3) is 5.34. The van der Waals surface area contributed by atoms with Crippen LogP contribution in [0.2, 0.25) is 5.02 Å². The van der Waals surface area contributed by atoms with Crippen molar-refractivity contribution >= 4 is 40.3 Å². The fourth-order valence-corrected chi connectivity index (χ4v) is 2.90. The first kappa shape index (κ1) is 20.0. The smallest absolute Gasteiger partial charge is 0.346 e. The summed E-state index contributed by atoms with van der Waals surface area (Å²) in [6, 6.07) is 3.40. The van der Waals surface area contributed by atoms with E-state index in [-0.39, 0.29) is 5.75 Å². The van der Waals surface area contributed by atoms with Gasteiger partial charge in [0, 0.05) is 5.38 Å². The number of anilines is 1.